The molecule has 0 spiro atoms. The van der Waals surface area contributed by atoms with Gasteiger partial charge in [-0.05, 0) is 43.6 Å². The summed E-state index contributed by atoms with van der Waals surface area (Å²) < 4.78 is 0. The second kappa shape index (κ2) is 5.74. The maximum Gasteiger partial charge on any atom is 0.0992 e. The minimum absolute atomic E-state index is 0.647. The molecule has 1 saturated heterocycles. The molecule has 1 aliphatic heterocycles. The van der Waals surface area contributed by atoms with Crippen molar-refractivity contribution in [2.75, 3.05) is 37.2 Å². The van der Waals surface area contributed by atoms with Crippen molar-refractivity contribution in [1.82, 2.24) is 4.90 Å². The fourth-order valence-electron chi connectivity index (χ4n) is 2.40. The maximum absolute atomic E-state index is 8.87. The van der Waals surface area contributed by atoms with E-state index in [0.717, 1.165) is 25.3 Å². The summed E-state index contributed by atoms with van der Waals surface area (Å²) in [5.74, 6) is 0.676. The van der Waals surface area contributed by atoms with Gasteiger partial charge < -0.3 is 16.0 Å². The maximum atomic E-state index is 8.87. The molecule has 3 N–H and O–H groups in total. The highest BCUT2D eigenvalue weighted by atomic mass is 15.1. The molecule has 1 aromatic carbocycles. The third-order valence-corrected chi connectivity index (χ3v) is 3.58. The molecule has 2 rings (SSSR count). The second-order valence-corrected chi connectivity index (χ2v) is 4.84. The zero-order valence-electron chi connectivity index (χ0n) is 10.8. The molecule has 0 radical (unpaired) electrons. The van der Waals surface area contributed by atoms with E-state index in [1.165, 1.54) is 13.0 Å². The summed E-state index contributed by atoms with van der Waals surface area (Å²) in [7, 11) is 0. The predicted molar refractivity (Wildman–Crippen MR) is 74.3 cm³/mol. The van der Waals surface area contributed by atoms with Gasteiger partial charge in [-0.25, -0.2) is 0 Å². The normalized spacial score (nSPS) is 19.7. The first-order valence-corrected chi connectivity index (χ1v) is 6.48. The number of nitriles is 1. The molecule has 1 atom stereocenters. The molecule has 18 heavy (non-hydrogen) atoms. The molecule has 1 unspecified atom stereocenters. The number of nitrogens with zero attached hydrogens (tertiary/aromatic N) is 2. The molecule has 1 fully saturated rings. The molecule has 4 heteroatoms. The van der Waals surface area contributed by atoms with Gasteiger partial charge in [-0.3, -0.25) is 0 Å². The summed E-state index contributed by atoms with van der Waals surface area (Å²) >= 11 is 0. The number of likely N-dealkylation sites (tertiary alicyclic amines) is 1. The zero-order valence-corrected chi connectivity index (χ0v) is 10.8. The fourth-order valence-corrected chi connectivity index (χ4v) is 2.40. The Labute approximate surface area is 108 Å². The first kappa shape index (κ1) is 12.7. The summed E-state index contributed by atoms with van der Waals surface area (Å²) in [6.45, 7) is 6.60. The Hall–Kier alpha value is -1.73. The van der Waals surface area contributed by atoms with E-state index in [1.54, 1.807) is 12.1 Å². The number of hydrogen-bond acceptors (Lipinski definition) is 4. The van der Waals surface area contributed by atoms with Gasteiger partial charge in [0, 0.05) is 13.1 Å². The van der Waals surface area contributed by atoms with Crippen molar-refractivity contribution in [2.45, 2.75) is 13.3 Å². The molecule has 0 aromatic heterocycles. The Bertz CT molecular complexity index is 450. The van der Waals surface area contributed by atoms with E-state index in [4.69, 9.17) is 11.0 Å². The molecule has 1 aliphatic rings. The summed E-state index contributed by atoms with van der Waals surface area (Å²) in [6.07, 6.45) is 1.23. The van der Waals surface area contributed by atoms with Crippen LogP contribution in [0.2, 0.25) is 0 Å². The standard InChI is InChI=1S/C14H20N4/c1-2-18-6-5-12(10-18)9-17-14-7-11(8-15)3-4-13(14)16/h3-4,7,12,17H,2,5-6,9-10,16H2,1H3. The van der Waals surface area contributed by atoms with Crippen molar-refractivity contribution >= 4 is 11.4 Å². The van der Waals surface area contributed by atoms with Crippen molar-refractivity contribution < 1.29 is 0 Å². The summed E-state index contributed by atoms with van der Waals surface area (Å²) in [5.41, 5.74) is 8.13. The van der Waals surface area contributed by atoms with Crippen LogP contribution in [-0.2, 0) is 0 Å². The van der Waals surface area contributed by atoms with Crippen molar-refractivity contribution in [3.8, 4) is 6.07 Å². The number of benzene rings is 1. The first-order valence-electron chi connectivity index (χ1n) is 6.48. The van der Waals surface area contributed by atoms with Crippen LogP contribution in [0.1, 0.15) is 18.9 Å². The van der Waals surface area contributed by atoms with Gasteiger partial charge >= 0.3 is 0 Å². The third kappa shape index (κ3) is 2.93. The summed E-state index contributed by atoms with van der Waals surface area (Å²) in [6, 6.07) is 7.49. The highest BCUT2D eigenvalue weighted by Crippen LogP contribution is 2.22. The zero-order chi connectivity index (χ0) is 13.0. The van der Waals surface area contributed by atoms with Gasteiger partial charge in [-0.1, -0.05) is 6.92 Å². The molecule has 1 aromatic rings. The molecular weight excluding hydrogens is 224 g/mol. The lowest BCUT2D eigenvalue weighted by atomic mass is 10.1. The highest BCUT2D eigenvalue weighted by Gasteiger charge is 2.20. The smallest absolute Gasteiger partial charge is 0.0992 e. The largest absolute Gasteiger partial charge is 0.397 e. The Morgan fingerprint density at radius 1 is 1.56 bits per heavy atom. The van der Waals surface area contributed by atoms with E-state index < -0.39 is 0 Å². The van der Waals surface area contributed by atoms with Crippen LogP contribution in [-0.4, -0.2) is 31.1 Å². The fraction of sp³-hybridized carbons (Fsp3) is 0.500. The van der Waals surface area contributed by atoms with Crippen molar-refractivity contribution in [3.63, 3.8) is 0 Å². The lowest BCUT2D eigenvalue weighted by molar-refractivity contribution is 0.345. The van der Waals surface area contributed by atoms with Crippen molar-refractivity contribution in [3.05, 3.63) is 23.8 Å². The Morgan fingerprint density at radius 3 is 3.06 bits per heavy atom. The second-order valence-electron chi connectivity index (χ2n) is 4.84. The van der Waals surface area contributed by atoms with E-state index >= 15 is 0 Å². The predicted octanol–water partition coefficient (Wildman–Crippen LogP) is 1.89. The average Bonchev–Trinajstić information content (AvgIpc) is 2.86. The number of anilines is 2. The minimum Gasteiger partial charge on any atom is -0.397 e. The number of hydrogen-bond donors (Lipinski definition) is 2. The topological polar surface area (TPSA) is 65.1 Å². The monoisotopic (exact) mass is 244 g/mol. The van der Waals surface area contributed by atoms with Gasteiger partial charge in [0.1, 0.15) is 0 Å². The quantitative estimate of drug-likeness (QED) is 0.794. The van der Waals surface area contributed by atoms with Crippen LogP contribution in [0.25, 0.3) is 0 Å². The van der Waals surface area contributed by atoms with Crippen molar-refractivity contribution in [1.29, 1.82) is 5.26 Å². The van der Waals surface area contributed by atoms with Crippen molar-refractivity contribution in [2.24, 2.45) is 5.92 Å². The molecule has 0 bridgehead atoms. The van der Waals surface area contributed by atoms with Gasteiger partial charge in [0.05, 0.1) is 23.0 Å². The summed E-state index contributed by atoms with van der Waals surface area (Å²) in [4.78, 5) is 2.46. The Morgan fingerprint density at radius 2 is 2.39 bits per heavy atom. The molecule has 0 saturated carbocycles. The van der Waals surface area contributed by atoms with Gasteiger partial charge in [-0.15, -0.1) is 0 Å². The molecule has 4 nitrogen and oxygen atoms in total. The first-order chi connectivity index (χ1) is 8.72. The van der Waals surface area contributed by atoms with Crippen LogP contribution in [0.5, 0.6) is 0 Å². The van der Waals surface area contributed by atoms with Gasteiger partial charge in [0.25, 0.3) is 0 Å². The molecular formula is C14H20N4. The van der Waals surface area contributed by atoms with E-state index in [0.29, 0.717) is 17.2 Å². The Balaban J connectivity index is 1.92. The van der Waals surface area contributed by atoms with Gasteiger partial charge in [0.2, 0.25) is 0 Å². The van der Waals surface area contributed by atoms with Gasteiger partial charge in [-0.2, -0.15) is 5.26 Å². The van der Waals surface area contributed by atoms with E-state index in [-0.39, 0.29) is 0 Å². The lowest BCUT2D eigenvalue weighted by Gasteiger charge is -2.15. The molecule has 0 aliphatic carbocycles. The number of nitrogens with two attached hydrogens (primary N) is 1. The minimum atomic E-state index is 0.647. The number of nitrogen functional groups attached to an aromatic ring is 1. The van der Waals surface area contributed by atoms with E-state index in [2.05, 4.69) is 23.2 Å². The van der Waals surface area contributed by atoms with E-state index in [1.807, 2.05) is 6.07 Å². The molecule has 96 valence electrons. The molecule has 1 heterocycles. The number of nitrogens with one attached hydrogen (secondary N) is 1. The van der Waals surface area contributed by atoms with E-state index in [9.17, 15) is 0 Å². The van der Waals surface area contributed by atoms with Crippen LogP contribution in [0, 0.1) is 17.2 Å². The van der Waals surface area contributed by atoms with Crippen LogP contribution < -0.4 is 11.1 Å². The summed E-state index contributed by atoms with van der Waals surface area (Å²) in [5, 5.41) is 12.2. The Kier molecular flexibility index (Phi) is 4.06. The lowest BCUT2D eigenvalue weighted by Crippen LogP contribution is -2.22. The number of rotatable bonds is 4. The van der Waals surface area contributed by atoms with Crippen LogP contribution in [0.3, 0.4) is 0 Å². The third-order valence-electron chi connectivity index (χ3n) is 3.58. The van der Waals surface area contributed by atoms with Crippen LogP contribution >= 0.6 is 0 Å². The van der Waals surface area contributed by atoms with Gasteiger partial charge in [0.15, 0.2) is 0 Å². The molecule has 0 amide bonds. The van der Waals surface area contributed by atoms with Crippen LogP contribution in [0.15, 0.2) is 18.2 Å². The van der Waals surface area contributed by atoms with Crippen LogP contribution in [0.4, 0.5) is 11.4 Å². The average molecular weight is 244 g/mol. The SMILES string of the molecule is CCN1CCC(CNc2cc(C#N)ccc2N)C1. The highest BCUT2D eigenvalue weighted by molar-refractivity contribution is 5.68.